The van der Waals surface area contributed by atoms with Crippen molar-refractivity contribution in [2.24, 2.45) is 0 Å². The van der Waals surface area contributed by atoms with E-state index < -0.39 is 10.0 Å². The predicted molar refractivity (Wildman–Crippen MR) is 80.8 cm³/mol. The first-order valence-corrected chi connectivity index (χ1v) is 7.80. The van der Waals surface area contributed by atoms with Crippen molar-refractivity contribution in [2.75, 3.05) is 18.9 Å². The molecule has 0 aliphatic carbocycles. The number of benzene rings is 1. The van der Waals surface area contributed by atoms with Gasteiger partial charge in [-0.2, -0.15) is 8.42 Å². The van der Waals surface area contributed by atoms with Crippen molar-refractivity contribution in [2.45, 2.75) is 11.6 Å². The minimum atomic E-state index is -3.71. The first-order valence-electron chi connectivity index (χ1n) is 6.31. The lowest BCUT2D eigenvalue weighted by molar-refractivity contribution is 0.415. The van der Waals surface area contributed by atoms with Crippen LogP contribution in [0, 0.1) is 0 Å². The number of nitrogens with one attached hydrogen (secondary N) is 2. The molecule has 2 N–H and O–H groups in total. The zero-order chi connectivity index (χ0) is 15.3. The summed E-state index contributed by atoms with van der Waals surface area (Å²) in [7, 11) is -0.369. The number of hydrogen-bond donors (Lipinski definition) is 2. The Balaban J connectivity index is 2.21. The Labute approximate surface area is 124 Å². The number of hydrogen-bond acceptors (Lipinski definition) is 5. The van der Waals surface area contributed by atoms with Crippen LogP contribution in [-0.4, -0.2) is 27.6 Å². The number of aromatic nitrogens is 1. The molecule has 0 amide bonds. The Hall–Kier alpha value is -2.12. The molecule has 1 aromatic heterocycles. The SMILES string of the molecule is CNCc1ccc(S(=O)(=O)Nc2cccc(OC)c2)nc1. The van der Waals surface area contributed by atoms with Gasteiger partial charge in [-0.05, 0) is 30.8 Å². The van der Waals surface area contributed by atoms with Crippen LogP contribution >= 0.6 is 0 Å². The van der Waals surface area contributed by atoms with Gasteiger partial charge in [0.2, 0.25) is 0 Å². The van der Waals surface area contributed by atoms with Crippen molar-refractivity contribution in [3.63, 3.8) is 0 Å². The maximum atomic E-state index is 12.2. The molecule has 1 heterocycles. The molecular formula is C14H17N3O3S. The Morgan fingerprint density at radius 2 is 2.05 bits per heavy atom. The topological polar surface area (TPSA) is 80.3 Å². The van der Waals surface area contributed by atoms with Gasteiger partial charge in [0.05, 0.1) is 12.8 Å². The fourth-order valence-corrected chi connectivity index (χ4v) is 2.75. The summed E-state index contributed by atoms with van der Waals surface area (Å²) >= 11 is 0. The molecule has 0 unspecified atom stereocenters. The van der Waals surface area contributed by atoms with Crippen LogP contribution in [-0.2, 0) is 16.6 Å². The molecule has 21 heavy (non-hydrogen) atoms. The molecule has 0 spiro atoms. The summed E-state index contributed by atoms with van der Waals surface area (Å²) < 4.78 is 32.0. The molecule has 6 nitrogen and oxygen atoms in total. The summed E-state index contributed by atoms with van der Waals surface area (Å²) in [5.41, 5.74) is 1.34. The van der Waals surface area contributed by atoms with Gasteiger partial charge in [-0.15, -0.1) is 0 Å². The third kappa shape index (κ3) is 3.93. The zero-order valence-corrected chi connectivity index (χ0v) is 12.6. The molecule has 112 valence electrons. The highest BCUT2D eigenvalue weighted by atomic mass is 32.2. The Bertz CT molecular complexity index is 700. The Morgan fingerprint density at radius 3 is 2.67 bits per heavy atom. The molecule has 2 aromatic rings. The molecule has 0 atom stereocenters. The minimum absolute atomic E-state index is 0.0230. The fraction of sp³-hybridized carbons (Fsp3) is 0.214. The van der Waals surface area contributed by atoms with E-state index in [1.807, 2.05) is 7.05 Å². The van der Waals surface area contributed by atoms with E-state index in [4.69, 9.17) is 4.74 Å². The van der Waals surface area contributed by atoms with E-state index in [0.717, 1.165) is 5.56 Å². The minimum Gasteiger partial charge on any atom is -0.497 e. The van der Waals surface area contributed by atoms with Crippen LogP contribution in [0.25, 0.3) is 0 Å². The van der Waals surface area contributed by atoms with Crippen LogP contribution in [0.5, 0.6) is 5.75 Å². The van der Waals surface area contributed by atoms with Gasteiger partial charge in [0.15, 0.2) is 5.03 Å². The molecule has 0 bridgehead atoms. The van der Waals surface area contributed by atoms with E-state index >= 15 is 0 Å². The number of sulfonamides is 1. The summed E-state index contributed by atoms with van der Waals surface area (Å²) in [5, 5.41) is 2.95. The van der Waals surface area contributed by atoms with Gasteiger partial charge in [-0.25, -0.2) is 4.98 Å². The maximum Gasteiger partial charge on any atom is 0.279 e. The highest BCUT2D eigenvalue weighted by Crippen LogP contribution is 2.19. The van der Waals surface area contributed by atoms with Crippen molar-refractivity contribution < 1.29 is 13.2 Å². The second-order valence-corrected chi connectivity index (χ2v) is 6.00. The molecule has 1 aromatic carbocycles. The van der Waals surface area contributed by atoms with Gasteiger partial charge in [-0.1, -0.05) is 12.1 Å². The molecule has 7 heteroatoms. The molecule has 0 aliphatic heterocycles. The number of anilines is 1. The summed E-state index contributed by atoms with van der Waals surface area (Å²) in [6.45, 7) is 0.636. The lowest BCUT2D eigenvalue weighted by Crippen LogP contribution is -2.15. The zero-order valence-electron chi connectivity index (χ0n) is 11.8. The van der Waals surface area contributed by atoms with Gasteiger partial charge in [0, 0.05) is 18.8 Å². The van der Waals surface area contributed by atoms with E-state index in [-0.39, 0.29) is 5.03 Å². The van der Waals surface area contributed by atoms with Crippen LogP contribution in [0.2, 0.25) is 0 Å². The second kappa shape index (κ2) is 6.55. The van der Waals surface area contributed by atoms with Crippen LogP contribution in [0.15, 0.2) is 47.6 Å². The van der Waals surface area contributed by atoms with Gasteiger partial charge in [0.25, 0.3) is 10.0 Å². The fourth-order valence-electron chi connectivity index (χ4n) is 1.77. The summed E-state index contributed by atoms with van der Waals surface area (Å²) in [6.07, 6.45) is 1.54. The predicted octanol–water partition coefficient (Wildman–Crippen LogP) is 1.61. The summed E-state index contributed by atoms with van der Waals surface area (Å²) in [4.78, 5) is 3.99. The Morgan fingerprint density at radius 1 is 1.24 bits per heavy atom. The quantitative estimate of drug-likeness (QED) is 0.847. The normalized spacial score (nSPS) is 11.1. The largest absolute Gasteiger partial charge is 0.497 e. The highest BCUT2D eigenvalue weighted by molar-refractivity contribution is 7.92. The molecule has 0 saturated carbocycles. The van der Waals surface area contributed by atoms with E-state index in [0.29, 0.717) is 18.0 Å². The molecule has 0 radical (unpaired) electrons. The number of nitrogens with zero attached hydrogens (tertiary/aromatic N) is 1. The Kier molecular flexibility index (Phi) is 4.77. The van der Waals surface area contributed by atoms with Crippen molar-refractivity contribution >= 4 is 15.7 Å². The summed E-state index contributed by atoms with van der Waals surface area (Å²) in [5.74, 6) is 0.576. The van der Waals surface area contributed by atoms with Crippen molar-refractivity contribution in [1.82, 2.24) is 10.3 Å². The molecule has 0 saturated heterocycles. The number of rotatable bonds is 6. The van der Waals surface area contributed by atoms with E-state index in [1.54, 1.807) is 30.3 Å². The first kappa shape index (κ1) is 15.3. The average Bonchev–Trinajstić information content (AvgIpc) is 2.48. The smallest absolute Gasteiger partial charge is 0.279 e. The lowest BCUT2D eigenvalue weighted by Gasteiger charge is -2.09. The number of ether oxygens (including phenoxy) is 1. The molecule has 2 rings (SSSR count). The molecule has 0 aliphatic rings. The number of pyridine rings is 1. The van der Waals surface area contributed by atoms with E-state index in [2.05, 4.69) is 15.0 Å². The summed E-state index contributed by atoms with van der Waals surface area (Å²) in [6, 6.07) is 9.91. The van der Waals surface area contributed by atoms with Crippen LogP contribution in [0.1, 0.15) is 5.56 Å². The third-order valence-electron chi connectivity index (χ3n) is 2.78. The van der Waals surface area contributed by atoms with Crippen LogP contribution in [0.3, 0.4) is 0 Å². The van der Waals surface area contributed by atoms with Gasteiger partial charge in [0.1, 0.15) is 5.75 Å². The van der Waals surface area contributed by atoms with Gasteiger partial charge >= 0.3 is 0 Å². The van der Waals surface area contributed by atoms with Gasteiger partial charge < -0.3 is 10.1 Å². The van der Waals surface area contributed by atoms with E-state index in [9.17, 15) is 8.42 Å². The van der Waals surface area contributed by atoms with Crippen molar-refractivity contribution in [1.29, 1.82) is 0 Å². The van der Waals surface area contributed by atoms with Crippen LogP contribution in [0.4, 0.5) is 5.69 Å². The highest BCUT2D eigenvalue weighted by Gasteiger charge is 2.15. The average molecular weight is 307 g/mol. The lowest BCUT2D eigenvalue weighted by atomic mass is 10.3. The van der Waals surface area contributed by atoms with Gasteiger partial charge in [-0.3, -0.25) is 4.72 Å². The monoisotopic (exact) mass is 307 g/mol. The van der Waals surface area contributed by atoms with Crippen LogP contribution < -0.4 is 14.8 Å². The molecular weight excluding hydrogens is 290 g/mol. The maximum absolute atomic E-state index is 12.2. The third-order valence-corrected chi connectivity index (χ3v) is 4.07. The van der Waals surface area contributed by atoms with Crippen molar-refractivity contribution in [3.05, 3.63) is 48.2 Å². The van der Waals surface area contributed by atoms with Crippen molar-refractivity contribution in [3.8, 4) is 5.75 Å². The second-order valence-electron chi connectivity index (χ2n) is 4.37. The van der Waals surface area contributed by atoms with E-state index in [1.165, 1.54) is 19.4 Å². The number of methoxy groups -OCH3 is 1. The first-order chi connectivity index (χ1) is 10.0. The molecule has 0 fully saturated rings. The standard InChI is InChI=1S/C14H17N3O3S/c1-15-9-11-6-7-14(16-10-11)21(18,19)17-12-4-3-5-13(8-12)20-2/h3-8,10,15,17H,9H2,1-2H3.